The van der Waals surface area contributed by atoms with Crippen molar-refractivity contribution in [2.24, 2.45) is 11.1 Å². The summed E-state index contributed by atoms with van der Waals surface area (Å²) in [6.07, 6.45) is 1.49. The first kappa shape index (κ1) is 18.8. The summed E-state index contributed by atoms with van der Waals surface area (Å²) in [4.78, 5) is 19.0. The zero-order valence-corrected chi connectivity index (χ0v) is 17.0. The van der Waals surface area contributed by atoms with E-state index in [0.717, 1.165) is 44.4 Å². The highest BCUT2D eigenvalue weighted by atomic mass is 32.1. The van der Waals surface area contributed by atoms with Gasteiger partial charge in [-0.25, -0.2) is 15.0 Å². The Bertz CT molecular complexity index is 1000. The van der Waals surface area contributed by atoms with Gasteiger partial charge in [-0.1, -0.05) is 17.3 Å². The molecular weight excluding hydrogens is 374 g/mol. The van der Waals surface area contributed by atoms with Crippen molar-refractivity contribution in [3.63, 3.8) is 0 Å². The number of hydrogen-bond acceptors (Lipinski definition) is 8. The Kier molecular flexibility index (Phi) is 5.23. The number of oxime groups is 1. The number of anilines is 1. The monoisotopic (exact) mass is 397 g/mol. The van der Waals surface area contributed by atoms with Crippen LogP contribution in [-0.4, -0.2) is 45.5 Å². The standard InChI is InChI=1S/C20H23N5O2S/c1-11-18(20-24-14-6-4-5-7-17(14)28-20)19(22-12(2)21-11)23-15-8-13(10-26)9-16(15)25-27-3/h4-7,13,15,26H,8-10H2,1-3H3,(H,21,22,23)/b25-16-. The van der Waals surface area contributed by atoms with Crippen LogP contribution in [0.25, 0.3) is 20.8 Å². The summed E-state index contributed by atoms with van der Waals surface area (Å²) in [5.74, 6) is 1.62. The van der Waals surface area contributed by atoms with Gasteiger partial charge in [-0.15, -0.1) is 11.3 Å². The van der Waals surface area contributed by atoms with Gasteiger partial charge in [0.15, 0.2) is 0 Å². The Morgan fingerprint density at radius 1 is 1.25 bits per heavy atom. The fourth-order valence-corrected chi connectivity index (χ4v) is 4.77. The van der Waals surface area contributed by atoms with Crippen molar-refractivity contribution in [3.05, 3.63) is 35.8 Å². The fourth-order valence-electron chi connectivity index (χ4n) is 3.71. The molecule has 28 heavy (non-hydrogen) atoms. The molecule has 0 amide bonds. The van der Waals surface area contributed by atoms with Gasteiger partial charge < -0.3 is 15.3 Å². The lowest BCUT2D eigenvalue weighted by atomic mass is 10.1. The molecule has 8 heteroatoms. The molecule has 2 heterocycles. The lowest BCUT2D eigenvalue weighted by molar-refractivity contribution is 0.211. The predicted octanol–water partition coefficient (Wildman–Crippen LogP) is 3.56. The highest BCUT2D eigenvalue weighted by molar-refractivity contribution is 7.21. The molecule has 2 unspecified atom stereocenters. The summed E-state index contributed by atoms with van der Waals surface area (Å²) >= 11 is 1.63. The molecule has 0 spiro atoms. The van der Waals surface area contributed by atoms with Crippen LogP contribution in [0.3, 0.4) is 0 Å². The lowest BCUT2D eigenvalue weighted by Crippen LogP contribution is -2.26. The van der Waals surface area contributed by atoms with Crippen LogP contribution in [0.1, 0.15) is 24.4 Å². The molecule has 0 bridgehead atoms. The predicted molar refractivity (Wildman–Crippen MR) is 112 cm³/mol. The Morgan fingerprint density at radius 2 is 2.07 bits per heavy atom. The largest absolute Gasteiger partial charge is 0.399 e. The van der Waals surface area contributed by atoms with E-state index in [1.165, 1.54) is 0 Å². The van der Waals surface area contributed by atoms with E-state index in [9.17, 15) is 5.11 Å². The van der Waals surface area contributed by atoms with E-state index in [-0.39, 0.29) is 18.6 Å². The highest BCUT2D eigenvalue weighted by Gasteiger charge is 2.32. The van der Waals surface area contributed by atoms with Crippen molar-refractivity contribution < 1.29 is 9.94 Å². The van der Waals surface area contributed by atoms with Gasteiger partial charge in [0.05, 0.1) is 33.2 Å². The zero-order valence-electron chi connectivity index (χ0n) is 16.1. The summed E-state index contributed by atoms with van der Waals surface area (Å²) in [6, 6.07) is 8.05. The van der Waals surface area contributed by atoms with E-state index in [0.29, 0.717) is 12.2 Å². The number of aryl methyl sites for hydroxylation is 2. The van der Waals surface area contributed by atoms with E-state index < -0.39 is 0 Å². The molecule has 2 aromatic heterocycles. The molecule has 3 aromatic rings. The summed E-state index contributed by atoms with van der Waals surface area (Å²) in [6.45, 7) is 4.00. The first-order valence-corrected chi connectivity index (χ1v) is 10.1. The van der Waals surface area contributed by atoms with Gasteiger partial charge in [-0.3, -0.25) is 0 Å². The first-order chi connectivity index (χ1) is 13.6. The van der Waals surface area contributed by atoms with Crippen LogP contribution in [0.15, 0.2) is 29.4 Å². The second-order valence-electron chi connectivity index (χ2n) is 7.02. The van der Waals surface area contributed by atoms with Crippen molar-refractivity contribution in [1.82, 2.24) is 15.0 Å². The Hall–Kier alpha value is -2.58. The van der Waals surface area contributed by atoms with Crippen molar-refractivity contribution in [2.75, 3.05) is 19.0 Å². The quantitative estimate of drug-likeness (QED) is 0.640. The average molecular weight is 398 g/mol. The molecule has 1 aliphatic carbocycles. The van der Waals surface area contributed by atoms with E-state index in [1.54, 1.807) is 18.4 Å². The highest BCUT2D eigenvalue weighted by Crippen LogP contribution is 2.37. The topological polar surface area (TPSA) is 92.5 Å². The van der Waals surface area contributed by atoms with Crippen molar-refractivity contribution >= 4 is 33.1 Å². The Balaban J connectivity index is 1.76. The third kappa shape index (κ3) is 3.57. The second kappa shape index (κ2) is 7.81. The van der Waals surface area contributed by atoms with Gasteiger partial charge in [0.2, 0.25) is 0 Å². The minimum absolute atomic E-state index is 0.0427. The molecule has 2 atom stereocenters. The molecule has 1 fully saturated rings. The number of aromatic nitrogens is 3. The third-order valence-corrected chi connectivity index (χ3v) is 6.01. The number of para-hydroxylation sites is 1. The fraction of sp³-hybridized carbons (Fsp3) is 0.400. The molecule has 2 N–H and O–H groups in total. The number of thiazole rings is 1. The number of hydrogen-bond donors (Lipinski definition) is 2. The first-order valence-electron chi connectivity index (χ1n) is 9.27. The summed E-state index contributed by atoms with van der Waals surface area (Å²) < 4.78 is 1.13. The van der Waals surface area contributed by atoms with E-state index in [4.69, 9.17) is 9.82 Å². The number of benzene rings is 1. The summed E-state index contributed by atoms with van der Waals surface area (Å²) in [5.41, 5.74) is 3.66. The smallest absolute Gasteiger partial charge is 0.140 e. The molecule has 7 nitrogen and oxygen atoms in total. The molecule has 1 aliphatic rings. The zero-order chi connectivity index (χ0) is 19.7. The van der Waals surface area contributed by atoms with Crippen LogP contribution in [0.4, 0.5) is 5.82 Å². The number of fused-ring (bicyclic) bond motifs is 1. The van der Waals surface area contributed by atoms with Crippen molar-refractivity contribution in [3.8, 4) is 10.6 Å². The Labute approximate surface area is 167 Å². The number of nitrogens with one attached hydrogen (secondary N) is 1. The molecule has 0 saturated heterocycles. The van der Waals surface area contributed by atoms with Crippen LogP contribution in [0, 0.1) is 19.8 Å². The van der Waals surface area contributed by atoms with Gasteiger partial charge in [0.25, 0.3) is 0 Å². The number of aliphatic hydroxyl groups excluding tert-OH is 1. The van der Waals surface area contributed by atoms with Gasteiger partial charge in [0.1, 0.15) is 23.8 Å². The van der Waals surface area contributed by atoms with E-state index in [2.05, 4.69) is 26.5 Å². The molecular formula is C20H23N5O2S. The summed E-state index contributed by atoms with van der Waals surface area (Å²) in [5, 5.41) is 18.2. The lowest BCUT2D eigenvalue weighted by Gasteiger charge is -2.18. The van der Waals surface area contributed by atoms with Crippen LogP contribution >= 0.6 is 11.3 Å². The van der Waals surface area contributed by atoms with Crippen LogP contribution in [0.5, 0.6) is 0 Å². The van der Waals surface area contributed by atoms with Gasteiger partial charge in [-0.05, 0) is 44.7 Å². The molecule has 0 aliphatic heterocycles. The number of aliphatic hydroxyl groups is 1. The minimum Gasteiger partial charge on any atom is -0.399 e. The second-order valence-corrected chi connectivity index (χ2v) is 8.05. The Morgan fingerprint density at radius 3 is 2.82 bits per heavy atom. The van der Waals surface area contributed by atoms with Gasteiger partial charge in [-0.2, -0.15) is 0 Å². The minimum atomic E-state index is -0.0427. The molecule has 1 saturated carbocycles. The molecule has 0 radical (unpaired) electrons. The molecule has 4 rings (SSSR count). The number of nitrogens with zero attached hydrogens (tertiary/aromatic N) is 4. The summed E-state index contributed by atoms with van der Waals surface area (Å²) in [7, 11) is 1.54. The third-order valence-electron chi connectivity index (χ3n) is 4.96. The van der Waals surface area contributed by atoms with Gasteiger partial charge >= 0.3 is 0 Å². The van der Waals surface area contributed by atoms with Crippen LogP contribution in [-0.2, 0) is 4.84 Å². The maximum atomic E-state index is 9.58. The van der Waals surface area contributed by atoms with Crippen LogP contribution in [0.2, 0.25) is 0 Å². The average Bonchev–Trinajstić information content (AvgIpc) is 3.25. The van der Waals surface area contributed by atoms with E-state index in [1.807, 2.05) is 32.0 Å². The van der Waals surface area contributed by atoms with Crippen molar-refractivity contribution in [1.29, 1.82) is 0 Å². The maximum Gasteiger partial charge on any atom is 0.140 e. The normalized spacial score (nSPS) is 20.8. The van der Waals surface area contributed by atoms with E-state index >= 15 is 0 Å². The van der Waals surface area contributed by atoms with Crippen molar-refractivity contribution in [2.45, 2.75) is 32.7 Å². The SMILES string of the molecule is CO/N=C1/CC(CO)CC1Nc1nc(C)nc(C)c1-c1nc2ccccc2s1. The van der Waals surface area contributed by atoms with Gasteiger partial charge in [0, 0.05) is 6.61 Å². The number of rotatable bonds is 5. The maximum absolute atomic E-state index is 9.58. The molecule has 146 valence electrons. The van der Waals surface area contributed by atoms with Crippen LogP contribution < -0.4 is 5.32 Å². The molecule has 1 aromatic carbocycles.